The summed E-state index contributed by atoms with van der Waals surface area (Å²) in [7, 11) is 0. The van der Waals surface area contributed by atoms with E-state index < -0.39 is 63.4 Å². The lowest BCUT2D eigenvalue weighted by Crippen LogP contribution is -2.27. The molecule has 46 heavy (non-hydrogen) atoms. The van der Waals surface area contributed by atoms with Gasteiger partial charge in [-0.3, -0.25) is 14.4 Å². The van der Waals surface area contributed by atoms with E-state index in [1.807, 2.05) is 0 Å². The summed E-state index contributed by atoms with van der Waals surface area (Å²) in [6.45, 7) is 4.10. The van der Waals surface area contributed by atoms with E-state index in [0.717, 1.165) is 15.2 Å². The number of benzene rings is 2. The van der Waals surface area contributed by atoms with Crippen molar-refractivity contribution in [3.8, 4) is 22.5 Å². The van der Waals surface area contributed by atoms with Crippen molar-refractivity contribution < 1.29 is 40.6 Å². The minimum Gasteiger partial charge on any atom is -0.348 e. The fraction of sp³-hybridized carbons (Fsp3) is 0.258. The van der Waals surface area contributed by atoms with Crippen LogP contribution in [0.25, 0.3) is 22.5 Å². The highest BCUT2D eigenvalue weighted by atomic mass is 35.5. The Bertz CT molecular complexity index is 1880. The maximum Gasteiger partial charge on any atom is 0.269 e. The highest BCUT2D eigenvalue weighted by Crippen LogP contribution is 2.36. The smallest absolute Gasteiger partial charge is 0.269 e. The van der Waals surface area contributed by atoms with E-state index in [1.54, 1.807) is 13.8 Å². The van der Waals surface area contributed by atoms with Gasteiger partial charge in [-0.2, -0.15) is 0 Å². The lowest BCUT2D eigenvalue weighted by Gasteiger charge is -2.27. The first-order chi connectivity index (χ1) is 21.8. The maximum atomic E-state index is 14.4. The molecule has 4 aromatic rings. The summed E-state index contributed by atoms with van der Waals surface area (Å²) in [5.41, 5.74) is -2.75. The molecule has 0 saturated carbocycles. The molecule has 1 aliphatic heterocycles. The summed E-state index contributed by atoms with van der Waals surface area (Å²) < 4.78 is 96.0. The molecule has 1 saturated heterocycles. The molecule has 0 radical (unpaired) electrons. The van der Waals surface area contributed by atoms with Crippen molar-refractivity contribution in [3.63, 3.8) is 0 Å². The van der Waals surface area contributed by atoms with Crippen LogP contribution in [0.2, 0.25) is 10.0 Å². The van der Waals surface area contributed by atoms with Gasteiger partial charge in [0.05, 0.1) is 35.7 Å². The number of ether oxygens (including phenoxy) is 2. The second-order valence-electron chi connectivity index (χ2n) is 9.73. The third-order valence-electron chi connectivity index (χ3n) is 6.88. The lowest BCUT2D eigenvalue weighted by molar-refractivity contribution is -0.182. The largest absolute Gasteiger partial charge is 0.348 e. The second-order valence-corrected chi connectivity index (χ2v) is 10.5. The molecule has 2 aromatic carbocycles. The van der Waals surface area contributed by atoms with E-state index in [1.165, 1.54) is 6.07 Å². The first-order valence-corrected chi connectivity index (χ1v) is 14.4. The number of carbonyl (C=O) groups excluding carboxylic acids is 1. The van der Waals surface area contributed by atoms with Gasteiger partial charge in [0.1, 0.15) is 44.9 Å². The molecule has 5 rings (SSSR count). The molecule has 15 heteroatoms. The van der Waals surface area contributed by atoms with Gasteiger partial charge in [0, 0.05) is 48.5 Å². The summed E-state index contributed by atoms with van der Waals surface area (Å²) in [4.78, 5) is 35.4. The highest BCUT2D eigenvalue weighted by Gasteiger charge is 2.28. The van der Waals surface area contributed by atoms with Crippen molar-refractivity contribution in [2.45, 2.75) is 39.6 Å². The van der Waals surface area contributed by atoms with Gasteiger partial charge in [-0.25, -0.2) is 26.3 Å². The molecule has 1 aliphatic rings. The number of hydrogen-bond acceptors (Lipinski definition) is 5. The van der Waals surface area contributed by atoms with Gasteiger partial charge < -0.3 is 18.6 Å². The molecule has 2 aromatic heterocycles. The van der Waals surface area contributed by atoms with Crippen LogP contribution in [-0.2, 0) is 22.6 Å². The Hall–Kier alpha value is -3.91. The number of hydrogen-bond donors (Lipinski definition) is 0. The standard InChI is InChI=1S/C17H15ClF3NO3.C14H9ClF3NO2/c1-2-22-15(14-12(20)6-9(19)7-13(14)21)10(8-11(18)16(22)23)17-24-4-3-5-25-17;1-2-19-13(7(6-20)3-9(15)14(19)21)12-10(17)4-8(16)5-11(12)18/h6-8,17H,2-5H2,1H3;3-6H,2H2,1H3. The monoisotopic (exact) mass is 688 g/mol. The van der Waals surface area contributed by atoms with E-state index in [0.29, 0.717) is 50.2 Å². The average Bonchev–Trinajstić information content (AvgIpc) is 3.00. The number of halogens is 8. The topological polar surface area (TPSA) is 79.5 Å². The molecule has 0 bridgehead atoms. The van der Waals surface area contributed by atoms with Crippen LogP contribution in [-0.4, -0.2) is 28.6 Å². The number of pyridine rings is 2. The Morgan fingerprint density at radius 1 is 0.717 bits per heavy atom. The van der Waals surface area contributed by atoms with Gasteiger partial charge in [-0.15, -0.1) is 0 Å². The van der Waals surface area contributed by atoms with Crippen LogP contribution in [0.15, 0.2) is 46.0 Å². The molecule has 1 fully saturated rings. The molecule has 0 unspecified atom stereocenters. The Kier molecular flexibility index (Phi) is 11.1. The number of aromatic nitrogens is 2. The Morgan fingerprint density at radius 2 is 1.13 bits per heavy atom. The van der Waals surface area contributed by atoms with Gasteiger partial charge >= 0.3 is 0 Å². The lowest BCUT2D eigenvalue weighted by atomic mass is 10.0. The zero-order valence-corrected chi connectivity index (χ0v) is 25.6. The van der Waals surface area contributed by atoms with Gasteiger partial charge in [-0.1, -0.05) is 23.2 Å². The molecular weight excluding hydrogens is 665 g/mol. The third-order valence-corrected chi connectivity index (χ3v) is 7.42. The average molecular weight is 689 g/mol. The van der Waals surface area contributed by atoms with Crippen molar-refractivity contribution >= 4 is 29.5 Å². The van der Waals surface area contributed by atoms with Crippen molar-refractivity contribution in [2.75, 3.05) is 13.2 Å². The summed E-state index contributed by atoms with van der Waals surface area (Å²) in [5.74, 6) is -6.82. The zero-order valence-electron chi connectivity index (χ0n) is 24.1. The Labute approximate surface area is 267 Å². The fourth-order valence-electron chi connectivity index (χ4n) is 4.94. The van der Waals surface area contributed by atoms with Crippen LogP contribution in [0.5, 0.6) is 0 Å². The zero-order chi connectivity index (χ0) is 33.9. The minimum atomic E-state index is -1.21. The first kappa shape index (κ1) is 35.0. The van der Waals surface area contributed by atoms with Gasteiger partial charge in [0.2, 0.25) is 0 Å². The maximum absolute atomic E-state index is 14.4. The van der Waals surface area contributed by atoms with Gasteiger partial charge in [-0.05, 0) is 32.4 Å². The van der Waals surface area contributed by atoms with Crippen molar-refractivity contribution in [1.82, 2.24) is 9.13 Å². The molecule has 0 spiro atoms. The SMILES string of the molecule is CCn1c(-c2c(F)cc(F)cc2F)c(C2OCCCO2)cc(Cl)c1=O.CCn1c(-c2c(F)cc(F)cc2F)c(C=O)cc(Cl)c1=O. The molecule has 0 atom stereocenters. The summed E-state index contributed by atoms with van der Waals surface area (Å²) in [6.07, 6.45) is 0.0740. The van der Waals surface area contributed by atoms with E-state index in [2.05, 4.69) is 0 Å². The van der Waals surface area contributed by atoms with E-state index in [4.69, 9.17) is 32.7 Å². The van der Waals surface area contributed by atoms with Crippen LogP contribution in [0.1, 0.15) is 42.5 Å². The molecule has 0 N–H and O–H groups in total. The molecule has 0 aliphatic carbocycles. The van der Waals surface area contributed by atoms with Crippen molar-refractivity contribution in [2.24, 2.45) is 0 Å². The normalized spacial score (nSPS) is 13.3. The predicted octanol–water partition coefficient (Wildman–Crippen LogP) is 7.46. The number of aldehydes is 1. The summed E-state index contributed by atoms with van der Waals surface area (Å²) in [6, 6.07) is 4.39. The van der Waals surface area contributed by atoms with E-state index >= 15 is 0 Å². The van der Waals surface area contributed by atoms with Crippen molar-refractivity contribution in [3.05, 3.63) is 113 Å². The van der Waals surface area contributed by atoms with Crippen LogP contribution in [0.4, 0.5) is 26.3 Å². The summed E-state index contributed by atoms with van der Waals surface area (Å²) in [5, 5.41) is -0.369. The number of rotatable bonds is 6. The highest BCUT2D eigenvalue weighted by molar-refractivity contribution is 6.31. The number of nitrogens with zero attached hydrogens (tertiary/aromatic N) is 2. The van der Waals surface area contributed by atoms with Gasteiger partial charge in [0.25, 0.3) is 11.1 Å². The third kappa shape index (κ3) is 6.92. The Morgan fingerprint density at radius 3 is 1.57 bits per heavy atom. The van der Waals surface area contributed by atoms with Crippen LogP contribution < -0.4 is 11.1 Å². The van der Waals surface area contributed by atoms with Gasteiger partial charge in [0.15, 0.2) is 12.6 Å². The number of carbonyl (C=O) groups is 1. The van der Waals surface area contributed by atoms with Crippen LogP contribution >= 0.6 is 23.2 Å². The first-order valence-electron chi connectivity index (χ1n) is 13.7. The van der Waals surface area contributed by atoms with E-state index in [-0.39, 0.29) is 45.6 Å². The Balaban J connectivity index is 0.000000212. The van der Waals surface area contributed by atoms with Crippen molar-refractivity contribution in [1.29, 1.82) is 0 Å². The fourth-order valence-corrected chi connectivity index (χ4v) is 5.38. The second kappa shape index (κ2) is 14.7. The molecule has 244 valence electrons. The molecule has 7 nitrogen and oxygen atoms in total. The quantitative estimate of drug-likeness (QED) is 0.155. The minimum absolute atomic E-state index is 0.0336. The molecule has 0 amide bonds. The molecular formula is C31H24Cl2F6N2O5. The summed E-state index contributed by atoms with van der Waals surface area (Å²) >= 11 is 11.7. The predicted molar refractivity (Wildman–Crippen MR) is 158 cm³/mol. The molecule has 3 heterocycles. The van der Waals surface area contributed by atoms with E-state index in [9.17, 15) is 40.7 Å². The van der Waals surface area contributed by atoms with Crippen LogP contribution in [0.3, 0.4) is 0 Å². The van der Waals surface area contributed by atoms with Crippen LogP contribution in [0, 0.1) is 34.9 Å².